The fraction of sp³-hybridized carbons (Fsp3) is 0.294. The van der Waals surface area contributed by atoms with E-state index in [1.807, 2.05) is 6.07 Å². The molecule has 0 amide bonds. The molecule has 1 aliphatic rings. The first-order valence-electron chi connectivity index (χ1n) is 8.08. The lowest BCUT2D eigenvalue weighted by Gasteiger charge is -2.29. The molecule has 1 heterocycles. The first-order chi connectivity index (χ1) is 12.5. The van der Waals surface area contributed by atoms with Gasteiger partial charge in [-0.2, -0.15) is 8.78 Å². The van der Waals surface area contributed by atoms with Crippen LogP contribution in [0.5, 0.6) is 5.75 Å². The van der Waals surface area contributed by atoms with E-state index in [1.54, 1.807) is 12.1 Å². The molecule has 0 bridgehead atoms. The molecule has 0 spiro atoms. The van der Waals surface area contributed by atoms with Crippen molar-refractivity contribution in [1.29, 1.82) is 0 Å². The van der Waals surface area contributed by atoms with Gasteiger partial charge in [-0.05, 0) is 30.3 Å². The minimum atomic E-state index is -3.95. The number of ether oxygens (including phenoxy) is 1. The van der Waals surface area contributed by atoms with E-state index in [9.17, 15) is 17.2 Å². The van der Waals surface area contributed by atoms with Crippen LogP contribution in [-0.4, -0.2) is 41.2 Å². The van der Waals surface area contributed by atoms with Crippen LogP contribution in [0.3, 0.4) is 0 Å². The van der Waals surface area contributed by atoms with E-state index in [4.69, 9.17) is 0 Å². The SMILES string of the molecule is Cl.O=S(=O)(Nc1ccccc1OC(F)F)c1cccc(N2CCNCC2)c1. The van der Waals surface area contributed by atoms with Gasteiger partial charge in [-0.3, -0.25) is 4.72 Å². The van der Waals surface area contributed by atoms with Gasteiger partial charge in [0.1, 0.15) is 5.75 Å². The second-order valence-corrected chi connectivity index (χ2v) is 7.40. The molecule has 27 heavy (non-hydrogen) atoms. The van der Waals surface area contributed by atoms with Gasteiger partial charge >= 0.3 is 6.61 Å². The first kappa shape index (κ1) is 21.2. The molecule has 0 radical (unpaired) electrons. The normalized spacial score (nSPS) is 14.6. The fourth-order valence-electron chi connectivity index (χ4n) is 2.72. The van der Waals surface area contributed by atoms with Crippen LogP contribution in [0.4, 0.5) is 20.2 Å². The van der Waals surface area contributed by atoms with Gasteiger partial charge in [0, 0.05) is 31.9 Å². The highest BCUT2D eigenvalue weighted by molar-refractivity contribution is 7.92. The molecule has 1 aliphatic heterocycles. The number of hydrogen-bond acceptors (Lipinski definition) is 5. The quantitative estimate of drug-likeness (QED) is 0.753. The van der Waals surface area contributed by atoms with Crippen LogP contribution >= 0.6 is 12.4 Å². The summed E-state index contributed by atoms with van der Waals surface area (Å²) in [7, 11) is -3.95. The predicted octanol–water partition coefficient (Wildman–Crippen LogP) is 2.92. The Labute approximate surface area is 163 Å². The van der Waals surface area contributed by atoms with Crippen molar-refractivity contribution < 1.29 is 21.9 Å². The molecule has 2 N–H and O–H groups in total. The third kappa shape index (κ3) is 5.44. The maximum atomic E-state index is 12.7. The lowest BCUT2D eigenvalue weighted by Crippen LogP contribution is -2.43. The number of piperazine rings is 1. The van der Waals surface area contributed by atoms with Crippen molar-refractivity contribution in [2.75, 3.05) is 35.8 Å². The van der Waals surface area contributed by atoms with Crippen LogP contribution in [0.15, 0.2) is 53.4 Å². The molecule has 10 heteroatoms. The summed E-state index contributed by atoms with van der Waals surface area (Å²) in [5.41, 5.74) is 0.756. The summed E-state index contributed by atoms with van der Waals surface area (Å²) in [5, 5.41) is 3.24. The van der Waals surface area contributed by atoms with Crippen LogP contribution in [0.1, 0.15) is 0 Å². The maximum absolute atomic E-state index is 12.7. The fourth-order valence-corrected chi connectivity index (χ4v) is 3.83. The average molecular weight is 420 g/mol. The second kappa shape index (κ2) is 9.20. The van der Waals surface area contributed by atoms with E-state index in [-0.39, 0.29) is 28.7 Å². The number of halogens is 3. The van der Waals surface area contributed by atoms with Gasteiger partial charge in [-0.1, -0.05) is 18.2 Å². The van der Waals surface area contributed by atoms with Gasteiger partial charge in [0.25, 0.3) is 10.0 Å². The molecule has 2 aromatic rings. The molecule has 148 valence electrons. The second-order valence-electron chi connectivity index (χ2n) is 5.71. The molecule has 1 saturated heterocycles. The number of benzene rings is 2. The van der Waals surface area contributed by atoms with Gasteiger partial charge in [-0.15, -0.1) is 12.4 Å². The molecular weight excluding hydrogens is 400 g/mol. The highest BCUT2D eigenvalue weighted by Crippen LogP contribution is 2.29. The van der Waals surface area contributed by atoms with E-state index in [0.717, 1.165) is 31.9 Å². The van der Waals surface area contributed by atoms with E-state index in [1.165, 1.54) is 30.3 Å². The molecule has 1 fully saturated rings. The van der Waals surface area contributed by atoms with Gasteiger partial charge in [0.15, 0.2) is 0 Å². The lowest BCUT2D eigenvalue weighted by atomic mass is 10.2. The largest absolute Gasteiger partial charge is 0.433 e. The van der Waals surface area contributed by atoms with Gasteiger partial charge in [-0.25, -0.2) is 8.42 Å². The molecule has 6 nitrogen and oxygen atoms in total. The van der Waals surface area contributed by atoms with Gasteiger partial charge < -0.3 is 15.0 Å². The zero-order chi connectivity index (χ0) is 18.6. The average Bonchev–Trinajstić information content (AvgIpc) is 2.64. The Morgan fingerprint density at radius 2 is 1.78 bits per heavy atom. The van der Waals surface area contributed by atoms with Crippen molar-refractivity contribution in [2.24, 2.45) is 0 Å². The number of nitrogens with one attached hydrogen (secondary N) is 2. The Kier molecular flexibility index (Phi) is 7.23. The molecule has 0 saturated carbocycles. The summed E-state index contributed by atoms with van der Waals surface area (Å²) in [5.74, 6) is -0.232. The Balaban J connectivity index is 0.00000261. The predicted molar refractivity (Wildman–Crippen MR) is 103 cm³/mol. The van der Waals surface area contributed by atoms with Crippen molar-refractivity contribution in [1.82, 2.24) is 5.32 Å². The van der Waals surface area contributed by atoms with E-state index in [2.05, 4.69) is 19.7 Å². The zero-order valence-electron chi connectivity index (χ0n) is 14.3. The van der Waals surface area contributed by atoms with Crippen molar-refractivity contribution in [3.05, 3.63) is 48.5 Å². The Morgan fingerprint density at radius 1 is 1.07 bits per heavy atom. The smallest absolute Gasteiger partial charge is 0.387 e. The zero-order valence-corrected chi connectivity index (χ0v) is 15.9. The molecule has 0 aliphatic carbocycles. The number of nitrogens with zero attached hydrogens (tertiary/aromatic N) is 1. The molecule has 3 rings (SSSR count). The van der Waals surface area contributed by atoms with Crippen molar-refractivity contribution in [2.45, 2.75) is 11.5 Å². The third-order valence-electron chi connectivity index (χ3n) is 3.96. The van der Waals surface area contributed by atoms with Crippen LogP contribution in [0, 0.1) is 0 Å². The molecule has 0 unspecified atom stereocenters. The first-order valence-corrected chi connectivity index (χ1v) is 9.56. The number of hydrogen-bond donors (Lipinski definition) is 2. The number of anilines is 2. The summed E-state index contributed by atoms with van der Waals surface area (Å²) >= 11 is 0. The molecule has 2 aromatic carbocycles. The standard InChI is InChI=1S/C17H19F2N3O3S.ClH/c18-17(19)25-16-7-2-1-6-15(16)21-26(23,24)14-5-3-4-13(12-14)22-10-8-20-9-11-22;/h1-7,12,17,20-21H,8-11H2;1H. The number of para-hydroxylation sites is 2. The number of alkyl halides is 2. The van der Waals surface area contributed by atoms with Gasteiger partial charge in [0.05, 0.1) is 10.6 Å². The maximum Gasteiger partial charge on any atom is 0.387 e. The van der Waals surface area contributed by atoms with Crippen LogP contribution < -0.4 is 19.7 Å². The van der Waals surface area contributed by atoms with E-state index < -0.39 is 16.6 Å². The molecular formula is C17H20ClF2N3O3S. The third-order valence-corrected chi connectivity index (χ3v) is 5.32. The van der Waals surface area contributed by atoms with E-state index >= 15 is 0 Å². The summed E-state index contributed by atoms with van der Waals surface area (Å²) in [6.45, 7) is 0.169. The molecule has 0 aromatic heterocycles. The van der Waals surface area contributed by atoms with Crippen LogP contribution in [0.25, 0.3) is 0 Å². The van der Waals surface area contributed by atoms with Crippen molar-refractivity contribution in [3.8, 4) is 5.75 Å². The van der Waals surface area contributed by atoms with Gasteiger partial charge in [0.2, 0.25) is 0 Å². The van der Waals surface area contributed by atoms with Crippen LogP contribution in [-0.2, 0) is 10.0 Å². The summed E-state index contributed by atoms with van der Waals surface area (Å²) in [6, 6.07) is 12.2. The minimum absolute atomic E-state index is 0. The Bertz CT molecular complexity index is 862. The highest BCUT2D eigenvalue weighted by Gasteiger charge is 2.19. The van der Waals surface area contributed by atoms with Crippen LogP contribution in [0.2, 0.25) is 0 Å². The Morgan fingerprint density at radius 3 is 2.48 bits per heavy atom. The molecule has 0 atom stereocenters. The summed E-state index contributed by atoms with van der Waals surface area (Å²) < 4.78 is 57.1. The highest BCUT2D eigenvalue weighted by atomic mass is 35.5. The number of sulfonamides is 1. The summed E-state index contributed by atoms with van der Waals surface area (Å²) in [6.07, 6.45) is 0. The lowest BCUT2D eigenvalue weighted by molar-refractivity contribution is -0.0493. The monoisotopic (exact) mass is 419 g/mol. The van der Waals surface area contributed by atoms with Crippen molar-refractivity contribution in [3.63, 3.8) is 0 Å². The topological polar surface area (TPSA) is 70.7 Å². The minimum Gasteiger partial charge on any atom is -0.433 e. The number of rotatable bonds is 6. The van der Waals surface area contributed by atoms with Crippen molar-refractivity contribution >= 4 is 33.8 Å². The van der Waals surface area contributed by atoms with E-state index in [0.29, 0.717) is 0 Å². The Hall–Kier alpha value is -2.10. The summed E-state index contributed by atoms with van der Waals surface area (Å²) in [4.78, 5) is 2.14.